The minimum Gasteiger partial charge on any atom is -0.327 e. The van der Waals surface area contributed by atoms with Crippen LogP contribution in [0.1, 0.15) is 50.2 Å². The van der Waals surface area contributed by atoms with E-state index in [0.29, 0.717) is 10.0 Å². The minimum absolute atomic E-state index is 0.126. The van der Waals surface area contributed by atoms with E-state index < -0.39 is 0 Å². The Hall–Kier alpha value is -0.440. The van der Waals surface area contributed by atoms with Crippen molar-refractivity contribution in [2.45, 2.75) is 50.9 Å². The maximum atomic E-state index is 6.31. The third-order valence-corrected chi connectivity index (χ3v) is 5.33. The van der Waals surface area contributed by atoms with Crippen molar-refractivity contribution < 1.29 is 0 Å². The van der Waals surface area contributed by atoms with E-state index in [-0.39, 0.29) is 5.38 Å². The van der Waals surface area contributed by atoms with E-state index in [1.54, 1.807) is 0 Å². The third kappa shape index (κ3) is 3.18. The number of hydrogen-bond donors (Lipinski definition) is 0. The molecule has 1 aliphatic rings. The second-order valence-electron chi connectivity index (χ2n) is 5.93. The van der Waals surface area contributed by atoms with Gasteiger partial charge in [0.1, 0.15) is 5.82 Å². The van der Waals surface area contributed by atoms with Crippen molar-refractivity contribution in [2.75, 3.05) is 0 Å². The zero-order valence-electron chi connectivity index (χ0n) is 12.1. The Morgan fingerprint density at radius 3 is 2.57 bits per heavy atom. The summed E-state index contributed by atoms with van der Waals surface area (Å²) in [6, 6.07) is 3.73. The molecule has 1 saturated carbocycles. The Labute approximate surface area is 140 Å². The predicted octanol–water partition coefficient (Wildman–Crippen LogP) is 6.22. The highest BCUT2D eigenvalue weighted by atomic mass is 35.5. The van der Waals surface area contributed by atoms with Crippen LogP contribution in [-0.2, 0) is 6.54 Å². The molecule has 0 saturated heterocycles. The zero-order chi connectivity index (χ0) is 15.0. The molecule has 1 heterocycles. The van der Waals surface area contributed by atoms with Crippen LogP contribution in [0.15, 0.2) is 12.1 Å². The molecule has 0 spiro atoms. The standard InChI is InChI=1S/C16H19Cl3N2/c1-10(17)16-20-14-8-12(18)13(19)9-15(14)21(16)7-6-11-4-2-3-5-11/h8-11H,2-7H2,1H3. The van der Waals surface area contributed by atoms with Gasteiger partial charge in [0.05, 0.1) is 26.5 Å². The molecule has 0 N–H and O–H groups in total. The average Bonchev–Trinajstić information content (AvgIpc) is 3.05. The molecule has 2 nitrogen and oxygen atoms in total. The summed E-state index contributed by atoms with van der Waals surface area (Å²) >= 11 is 18.6. The molecule has 0 bridgehead atoms. The van der Waals surface area contributed by atoms with Crippen LogP contribution in [0, 0.1) is 5.92 Å². The van der Waals surface area contributed by atoms with Crippen LogP contribution in [0.3, 0.4) is 0 Å². The maximum absolute atomic E-state index is 6.31. The Morgan fingerprint density at radius 2 is 1.90 bits per heavy atom. The van der Waals surface area contributed by atoms with Gasteiger partial charge in [0.15, 0.2) is 0 Å². The molecule has 1 atom stereocenters. The molecule has 0 amide bonds. The van der Waals surface area contributed by atoms with E-state index in [0.717, 1.165) is 29.3 Å². The lowest BCUT2D eigenvalue weighted by molar-refractivity contribution is 0.456. The van der Waals surface area contributed by atoms with Crippen molar-refractivity contribution in [2.24, 2.45) is 5.92 Å². The second-order valence-corrected chi connectivity index (χ2v) is 7.40. The Kier molecular flexibility index (Phi) is 4.68. The van der Waals surface area contributed by atoms with Gasteiger partial charge in [-0.15, -0.1) is 11.6 Å². The van der Waals surface area contributed by atoms with Crippen LogP contribution < -0.4 is 0 Å². The van der Waals surface area contributed by atoms with Crippen LogP contribution in [0.4, 0.5) is 0 Å². The van der Waals surface area contributed by atoms with Gasteiger partial charge in [-0.3, -0.25) is 0 Å². The fourth-order valence-corrected chi connectivity index (χ4v) is 3.77. The Bertz CT molecular complexity index is 642. The number of aryl methyl sites for hydroxylation is 1. The highest BCUT2D eigenvalue weighted by Gasteiger charge is 2.19. The number of fused-ring (bicyclic) bond motifs is 1. The second kappa shape index (κ2) is 6.36. The number of alkyl halides is 1. The zero-order valence-corrected chi connectivity index (χ0v) is 14.3. The summed E-state index contributed by atoms with van der Waals surface area (Å²) in [6.45, 7) is 2.91. The molecule has 1 aliphatic carbocycles. The highest BCUT2D eigenvalue weighted by molar-refractivity contribution is 6.42. The smallest absolute Gasteiger partial charge is 0.127 e. The van der Waals surface area contributed by atoms with Crippen LogP contribution in [0.2, 0.25) is 10.0 Å². The topological polar surface area (TPSA) is 17.8 Å². The Balaban J connectivity index is 1.96. The third-order valence-electron chi connectivity index (χ3n) is 4.41. The highest BCUT2D eigenvalue weighted by Crippen LogP contribution is 2.33. The average molecular weight is 346 g/mol. The number of hydrogen-bond acceptors (Lipinski definition) is 1. The van der Waals surface area contributed by atoms with Crippen LogP contribution in [0.5, 0.6) is 0 Å². The number of benzene rings is 1. The molecule has 3 rings (SSSR count). The molecule has 5 heteroatoms. The summed E-state index contributed by atoms with van der Waals surface area (Å²) < 4.78 is 2.22. The van der Waals surface area contributed by atoms with E-state index >= 15 is 0 Å². The van der Waals surface area contributed by atoms with Crippen molar-refractivity contribution in [3.05, 3.63) is 28.0 Å². The van der Waals surface area contributed by atoms with Crippen molar-refractivity contribution in [3.8, 4) is 0 Å². The molecular weight excluding hydrogens is 327 g/mol. The van der Waals surface area contributed by atoms with Gasteiger partial charge in [-0.25, -0.2) is 4.98 Å². The number of halogens is 3. The summed E-state index contributed by atoms with van der Waals surface area (Å²) in [6.07, 6.45) is 6.63. The van der Waals surface area contributed by atoms with Gasteiger partial charge in [-0.05, 0) is 31.4 Å². The quantitative estimate of drug-likeness (QED) is 0.601. The predicted molar refractivity (Wildman–Crippen MR) is 90.6 cm³/mol. The van der Waals surface area contributed by atoms with E-state index in [9.17, 15) is 0 Å². The van der Waals surface area contributed by atoms with Gasteiger partial charge in [0.2, 0.25) is 0 Å². The summed E-state index contributed by atoms with van der Waals surface area (Å²) in [4.78, 5) is 4.65. The first-order valence-corrected chi connectivity index (χ1v) is 8.74. The van der Waals surface area contributed by atoms with E-state index in [1.807, 2.05) is 19.1 Å². The first-order chi connectivity index (χ1) is 10.1. The molecular formula is C16H19Cl3N2. The first-order valence-electron chi connectivity index (χ1n) is 7.55. The SMILES string of the molecule is CC(Cl)c1nc2cc(Cl)c(Cl)cc2n1CCC1CCCC1. The normalized spacial score (nSPS) is 17.7. The number of rotatable bonds is 4. The maximum Gasteiger partial charge on any atom is 0.127 e. The molecule has 2 aromatic rings. The minimum atomic E-state index is -0.126. The van der Waals surface area contributed by atoms with Crippen LogP contribution >= 0.6 is 34.8 Å². The monoisotopic (exact) mass is 344 g/mol. The number of nitrogens with zero attached hydrogens (tertiary/aromatic N) is 2. The molecule has 1 aromatic carbocycles. The number of imidazole rings is 1. The first kappa shape index (κ1) is 15.5. The van der Waals surface area contributed by atoms with E-state index in [1.165, 1.54) is 32.1 Å². The van der Waals surface area contributed by atoms with Crippen molar-refractivity contribution in [1.29, 1.82) is 0 Å². The fourth-order valence-electron chi connectivity index (χ4n) is 3.29. The molecule has 1 aromatic heterocycles. The molecule has 0 radical (unpaired) electrons. The van der Waals surface area contributed by atoms with Gasteiger partial charge >= 0.3 is 0 Å². The summed E-state index contributed by atoms with van der Waals surface area (Å²) in [7, 11) is 0. The van der Waals surface area contributed by atoms with Gasteiger partial charge in [0.25, 0.3) is 0 Å². The van der Waals surface area contributed by atoms with Crippen LogP contribution in [0.25, 0.3) is 11.0 Å². The van der Waals surface area contributed by atoms with Crippen molar-refractivity contribution in [1.82, 2.24) is 9.55 Å². The summed E-state index contributed by atoms with van der Waals surface area (Å²) in [5, 5.41) is 0.983. The molecule has 1 fully saturated rings. The number of aromatic nitrogens is 2. The van der Waals surface area contributed by atoms with E-state index in [2.05, 4.69) is 9.55 Å². The van der Waals surface area contributed by atoms with Crippen molar-refractivity contribution >= 4 is 45.8 Å². The molecule has 0 aliphatic heterocycles. The molecule has 114 valence electrons. The Morgan fingerprint density at radius 1 is 1.24 bits per heavy atom. The van der Waals surface area contributed by atoms with Gasteiger partial charge < -0.3 is 4.57 Å². The van der Waals surface area contributed by atoms with Gasteiger partial charge in [-0.2, -0.15) is 0 Å². The van der Waals surface area contributed by atoms with Crippen LogP contribution in [-0.4, -0.2) is 9.55 Å². The largest absolute Gasteiger partial charge is 0.327 e. The van der Waals surface area contributed by atoms with E-state index in [4.69, 9.17) is 34.8 Å². The van der Waals surface area contributed by atoms with Crippen molar-refractivity contribution in [3.63, 3.8) is 0 Å². The lowest BCUT2D eigenvalue weighted by Crippen LogP contribution is -2.08. The lowest BCUT2D eigenvalue weighted by Gasteiger charge is -2.14. The molecule has 21 heavy (non-hydrogen) atoms. The molecule has 1 unspecified atom stereocenters. The summed E-state index contributed by atoms with van der Waals surface area (Å²) in [5.41, 5.74) is 1.91. The summed E-state index contributed by atoms with van der Waals surface area (Å²) in [5.74, 6) is 1.74. The fraction of sp³-hybridized carbons (Fsp3) is 0.562. The lowest BCUT2D eigenvalue weighted by atomic mass is 10.0. The van der Waals surface area contributed by atoms with Gasteiger partial charge in [-0.1, -0.05) is 48.9 Å². The van der Waals surface area contributed by atoms with Gasteiger partial charge in [0, 0.05) is 6.54 Å².